The van der Waals surface area contributed by atoms with Crippen molar-refractivity contribution in [2.45, 2.75) is 32.9 Å². The Bertz CT molecular complexity index is 453. The van der Waals surface area contributed by atoms with E-state index in [2.05, 4.69) is 41.4 Å². The zero-order valence-corrected chi connectivity index (χ0v) is 10.4. The van der Waals surface area contributed by atoms with Gasteiger partial charge in [-0.25, -0.2) is 4.68 Å². The van der Waals surface area contributed by atoms with E-state index in [1.165, 1.54) is 0 Å². The molecule has 0 atom stereocenters. The minimum Gasteiger partial charge on any atom is -0.306 e. The van der Waals surface area contributed by atoms with Gasteiger partial charge in [-0.05, 0) is 39.0 Å². The second-order valence-corrected chi connectivity index (χ2v) is 4.94. The summed E-state index contributed by atoms with van der Waals surface area (Å²) in [5.41, 5.74) is 1.01. The Morgan fingerprint density at radius 1 is 1.24 bits per heavy atom. The van der Waals surface area contributed by atoms with Gasteiger partial charge in [0.25, 0.3) is 0 Å². The first-order valence-corrected chi connectivity index (χ1v) is 5.62. The maximum atomic E-state index is 4.16. The molecule has 0 aliphatic rings. The van der Waals surface area contributed by atoms with Crippen molar-refractivity contribution in [2.24, 2.45) is 0 Å². The number of rotatable bonds is 3. The first-order valence-electron chi connectivity index (χ1n) is 5.62. The van der Waals surface area contributed by atoms with Crippen LogP contribution in [0.1, 0.15) is 26.5 Å². The third-order valence-corrected chi connectivity index (χ3v) is 2.24. The highest BCUT2D eigenvalue weighted by Gasteiger charge is 2.09. The molecule has 0 radical (unpaired) electrons. The van der Waals surface area contributed by atoms with Crippen molar-refractivity contribution in [3.63, 3.8) is 0 Å². The van der Waals surface area contributed by atoms with Gasteiger partial charge in [0.2, 0.25) is 0 Å². The van der Waals surface area contributed by atoms with E-state index in [9.17, 15) is 0 Å². The van der Waals surface area contributed by atoms with Crippen molar-refractivity contribution in [3.05, 3.63) is 36.3 Å². The average molecular weight is 231 g/mol. The van der Waals surface area contributed by atoms with Gasteiger partial charge in [0.1, 0.15) is 0 Å². The van der Waals surface area contributed by atoms with Gasteiger partial charge in [-0.1, -0.05) is 0 Å². The monoisotopic (exact) mass is 231 g/mol. The summed E-state index contributed by atoms with van der Waals surface area (Å²) in [7, 11) is 0. The van der Waals surface area contributed by atoms with Crippen LogP contribution in [0.3, 0.4) is 0 Å². The number of nitrogens with one attached hydrogen (secondary N) is 1. The van der Waals surface area contributed by atoms with E-state index in [4.69, 9.17) is 0 Å². The van der Waals surface area contributed by atoms with Crippen LogP contribution in [0.5, 0.6) is 0 Å². The first-order chi connectivity index (χ1) is 8.04. The molecular formula is C12H17N5. The molecule has 0 aromatic carbocycles. The fourth-order valence-electron chi connectivity index (χ4n) is 1.33. The number of nitrogens with zero attached hydrogens (tertiary/aromatic N) is 4. The predicted molar refractivity (Wildman–Crippen MR) is 65.7 cm³/mol. The Morgan fingerprint density at radius 2 is 2.06 bits per heavy atom. The molecule has 0 saturated carbocycles. The van der Waals surface area contributed by atoms with Gasteiger partial charge < -0.3 is 5.32 Å². The summed E-state index contributed by atoms with van der Waals surface area (Å²) in [6.07, 6.45) is 3.56. The molecule has 2 aromatic rings. The lowest BCUT2D eigenvalue weighted by molar-refractivity contribution is 0.420. The van der Waals surface area contributed by atoms with E-state index in [0.717, 1.165) is 18.1 Å². The molecule has 90 valence electrons. The van der Waals surface area contributed by atoms with Crippen LogP contribution < -0.4 is 5.32 Å². The van der Waals surface area contributed by atoms with Crippen LogP contribution in [0.25, 0.3) is 5.82 Å². The van der Waals surface area contributed by atoms with Crippen LogP contribution in [-0.4, -0.2) is 25.5 Å². The standard InChI is InChI=1S/C12H17N5/c1-12(2,3)13-9-10-5-6-11(16-15-10)17-8-4-7-14-17/h4-8,13H,9H2,1-3H3. The summed E-state index contributed by atoms with van der Waals surface area (Å²) < 4.78 is 1.69. The van der Waals surface area contributed by atoms with Crippen LogP contribution in [-0.2, 0) is 6.54 Å². The molecule has 0 fully saturated rings. The Morgan fingerprint density at radius 3 is 2.59 bits per heavy atom. The molecule has 17 heavy (non-hydrogen) atoms. The van der Waals surface area contributed by atoms with Gasteiger partial charge in [-0.15, -0.1) is 5.10 Å². The predicted octanol–water partition coefficient (Wildman–Crippen LogP) is 1.55. The SMILES string of the molecule is CC(C)(C)NCc1ccc(-n2cccn2)nn1. The Balaban J connectivity index is 2.04. The van der Waals surface area contributed by atoms with Crippen LogP contribution >= 0.6 is 0 Å². The summed E-state index contributed by atoms with van der Waals surface area (Å²) >= 11 is 0. The molecule has 0 bridgehead atoms. The third kappa shape index (κ3) is 3.35. The number of aromatic nitrogens is 4. The number of hydrogen-bond donors (Lipinski definition) is 1. The third-order valence-electron chi connectivity index (χ3n) is 2.24. The highest BCUT2D eigenvalue weighted by Crippen LogP contribution is 2.04. The summed E-state index contributed by atoms with van der Waals surface area (Å²) in [4.78, 5) is 0. The lowest BCUT2D eigenvalue weighted by Crippen LogP contribution is -2.35. The smallest absolute Gasteiger partial charge is 0.175 e. The van der Waals surface area contributed by atoms with E-state index in [0.29, 0.717) is 0 Å². The molecule has 5 heteroatoms. The van der Waals surface area contributed by atoms with Crippen molar-refractivity contribution in [1.82, 2.24) is 25.3 Å². The summed E-state index contributed by atoms with van der Waals surface area (Å²) in [5.74, 6) is 0.731. The Hall–Kier alpha value is -1.75. The normalized spacial score (nSPS) is 11.7. The van der Waals surface area contributed by atoms with Gasteiger partial charge in [0.05, 0.1) is 5.69 Å². The lowest BCUT2D eigenvalue weighted by Gasteiger charge is -2.19. The van der Waals surface area contributed by atoms with Crippen molar-refractivity contribution in [3.8, 4) is 5.82 Å². The van der Waals surface area contributed by atoms with Gasteiger partial charge in [0, 0.05) is 24.5 Å². The molecule has 1 N–H and O–H groups in total. The van der Waals surface area contributed by atoms with Crippen LogP contribution in [0.2, 0.25) is 0 Å². The topological polar surface area (TPSA) is 55.6 Å². The quantitative estimate of drug-likeness (QED) is 0.870. The lowest BCUT2D eigenvalue weighted by atomic mass is 10.1. The summed E-state index contributed by atoms with van der Waals surface area (Å²) in [6.45, 7) is 7.09. The van der Waals surface area contributed by atoms with Crippen molar-refractivity contribution in [2.75, 3.05) is 0 Å². The minimum absolute atomic E-state index is 0.0856. The molecule has 0 saturated heterocycles. The second kappa shape index (κ2) is 4.63. The molecule has 0 unspecified atom stereocenters. The van der Waals surface area contributed by atoms with E-state index < -0.39 is 0 Å². The van der Waals surface area contributed by atoms with Crippen molar-refractivity contribution in [1.29, 1.82) is 0 Å². The van der Waals surface area contributed by atoms with Gasteiger partial charge in [-0.3, -0.25) is 0 Å². The molecular weight excluding hydrogens is 214 g/mol. The van der Waals surface area contributed by atoms with E-state index >= 15 is 0 Å². The average Bonchev–Trinajstić information content (AvgIpc) is 2.79. The van der Waals surface area contributed by atoms with Gasteiger partial charge in [-0.2, -0.15) is 10.2 Å². The molecule has 2 rings (SSSR count). The van der Waals surface area contributed by atoms with Crippen molar-refractivity contribution >= 4 is 0 Å². The molecule has 2 aromatic heterocycles. The molecule has 2 heterocycles. The highest BCUT2D eigenvalue weighted by molar-refractivity contribution is 5.20. The zero-order chi connectivity index (χ0) is 12.3. The van der Waals surface area contributed by atoms with Crippen LogP contribution in [0.15, 0.2) is 30.6 Å². The minimum atomic E-state index is 0.0856. The van der Waals surface area contributed by atoms with E-state index in [1.54, 1.807) is 10.9 Å². The fraction of sp³-hybridized carbons (Fsp3) is 0.417. The second-order valence-electron chi connectivity index (χ2n) is 4.94. The Labute approximate surface area is 101 Å². The maximum absolute atomic E-state index is 4.16. The van der Waals surface area contributed by atoms with Crippen molar-refractivity contribution < 1.29 is 0 Å². The summed E-state index contributed by atoms with van der Waals surface area (Å²) in [6, 6.07) is 5.74. The number of hydrogen-bond acceptors (Lipinski definition) is 4. The maximum Gasteiger partial charge on any atom is 0.175 e. The molecule has 0 aliphatic carbocycles. The molecule has 0 aliphatic heterocycles. The molecule has 0 amide bonds. The first kappa shape index (κ1) is 11.7. The van der Waals surface area contributed by atoms with E-state index in [1.807, 2.05) is 24.4 Å². The fourth-order valence-corrected chi connectivity index (χ4v) is 1.33. The Kier molecular flexibility index (Phi) is 3.19. The van der Waals surface area contributed by atoms with Crippen LogP contribution in [0.4, 0.5) is 0 Å². The molecule has 5 nitrogen and oxygen atoms in total. The van der Waals surface area contributed by atoms with E-state index in [-0.39, 0.29) is 5.54 Å². The molecule has 0 spiro atoms. The van der Waals surface area contributed by atoms with Gasteiger partial charge >= 0.3 is 0 Å². The van der Waals surface area contributed by atoms with Gasteiger partial charge in [0.15, 0.2) is 5.82 Å². The van der Waals surface area contributed by atoms with Crippen LogP contribution in [0, 0.1) is 0 Å². The summed E-state index contributed by atoms with van der Waals surface area (Å²) in [5, 5.41) is 15.8. The highest BCUT2D eigenvalue weighted by atomic mass is 15.3. The zero-order valence-electron chi connectivity index (χ0n) is 10.4. The largest absolute Gasteiger partial charge is 0.306 e.